The van der Waals surface area contributed by atoms with Gasteiger partial charge in [-0.3, -0.25) is 0 Å². The van der Waals surface area contributed by atoms with Crippen LogP contribution >= 0.6 is 0 Å². The summed E-state index contributed by atoms with van der Waals surface area (Å²) >= 11 is 0. The summed E-state index contributed by atoms with van der Waals surface area (Å²) in [7, 11) is 0. The minimum atomic E-state index is -2.91. The lowest BCUT2D eigenvalue weighted by Gasteiger charge is -2.15. The number of halogens is 2. The van der Waals surface area contributed by atoms with Gasteiger partial charge in [0.05, 0.1) is 13.2 Å². The Balaban J connectivity index is 2.12. The van der Waals surface area contributed by atoms with E-state index in [0.717, 1.165) is 13.1 Å². The zero-order valence-corrected chi connectivity index (χ0v) is 14.1. The Hall–Kier alpha value is -2.05. The molecule has 0 saturated heterocycles. The molecule has 2 N–H and O–H groups in total. The Bertz CT molecular complexity index is 549. The van der Waals surface area contributed by atoms with Crippen molar-refractivity contribution in [1.82, 2.24) is 10.6 Å². The fourth-order valence-corrected chi connectivity index (χ4v) is 2.25. The highest BCUT2D eigenvalue weighted by atomic mass is 19.3. The van der Waals surface area contributed by atoms with Crippen LogP contribution in [0.3, 0.4) is 0 Å². The molecule has 7 heteroatoms. The Kier molecular flexibility index (Phi) is 7.08. The molecule has 0 unspecified atom stereocenters. The van der Waals surface area contributed by atoms with Crippen LogP contribution in [0, 0.1) is 5.92 Å². The fourth-order valence-electron chi connectivity index (χ4n) is 2.25. The van der Waals surface area contributed by atoms with Crippen molar-refractivity contribution in [2.75, 3.05) is 19.7 Å². The first-order chi connectivity index (χ1) is 11.6. The molecule has 0 spiro atoms. The molecule has 0 aromatic heterocycles. The lowest BCUT2D eigenvalue weighted by molar-refractivity contribution is -0.0520. The van der Waals surface area contributed by atoms with E-state index >= 15 is 0 Å². The number of para-hydroxylation sites is 1. The second-order valence-electron chi connectivity index (χ2n) is 5.58. The summed E-state index contributed by atoms with van der Waals surface area (Å²) in [5.74, 6) is 1.75. The summed E-state index contributed by atoms with van der Waals surface area (Å²) in [5, 5.41) is 6.43. The number of aliphatic imine (C=N–C) groups is 1. The fraction of sp³-hybridized carbons (Fsp3) is 0.588. The molecule has 2 rings (SSSR count). The van der Waals surface area contributed by atoms with Gasteiger partial charge in [0.25, 0.3) is 0 Å². The summed E-state index contributed by atoms with van der Waals surface area (Å²) < 4.78 is 35.5. The van der Waals surface area contributed by atoms with E-state index < -0.39 is 6.61 Å². The van der Waals surface area contributed by atoms with Crippen molar-refractivity contribution in [3.8, 4) is 11.5 Å². The van der Waals surface area contributed by atoms with Crippen LogP contribution < -0.4 is 20.1 Å². The first-order valence-corrected chi connectivity index (χ1v) is 8.35. The van der Waals surface area contributed by atoms with Gasteiger partial charge in [-0.1, -0.05) is 12.1 Å². The van der Waals surface area contributed by atoms with E-state index in [-0.39, 0.29) is 12.3 Å². The van der Waals surface area contributed by atoms with Gasteiger partial charge in [0.2, 0.25) is 0 Å². The number of hydrogen-bond acceptors (Lipinski definition) is 3. The topological polar surface area (TPSA) is 54.9 Å². The average molecular weight is 341 g/mol. The molecule has 24 heavy (non-hydrogen) atoms. The van der Waals surface area contributed by atoms with Crippen LogP contribution in [0.1, 0.15) is 32.3 Å². The molecule has 0 amide bonds. The summed E-state index contributed by atoms with van der Waals surface area (Å²) in [6, 6.07) is 5.08. The number of benzene rings is 1. The molecule has 5 nitrogen and oxygen atoms in total. The van der Waals surface area contributed by atoms with E-state index in [1.54, 1.807) is 25.1 Å². The predicted octanol–water partition coefficient (Wildman–Crippen LogP) is 3.15. The van der Waals surface area contributed by atoms with Crippen LogP contribution in [0.15, 0.2) is 23.2 Å². The van der Waals surface area contributed by atoms with Crippen molar-refractivity contribution in [3.05, 3.63) is 23.8 Å². The number of alkyl halides is 2. The van der Waals surface area contributed by atoms with Gasteiger partial charge in [0, 0.05) is 18.7 Å². The molecule has 1 aliphatic rings. The summed E-state index contributed by atoms with van der Waals surface area (Å²) in [5.41, 5.74) is 0.560. The van der Waals surface area contributed by atoms with Gasteiger partial charge in [-0.2, -0.15) is 8.78 Å². The van der Waals surface area contributed by atoms with Crippen LogP contribution in [-0.2, 0) is 6.54 Å². The molecule has 0 bridgehead atoms. The maximum Gasteiger partial charge on any atom is 0.387 e. The molecule has 0 heterocycles. The summed E-state index contributed by atoms with van der Waals surface area (Å²) in [6.45, 7) is 3.08. The zero-order valence-electron chi connectivity index (χ0n) is 14.1. The quantitative estimate of drug-likeness (QED) is 0.535. The zero-order chi connectivity index (χ0) is 17.4. The highest BCUT2D eigenvalue weighted by Gasteiger charge is 2.21. The second kappa shape index (κ2) is 9.30. The molecule has 134 valence electrons. The maximum atomic E-state index is 12.7. The van der Waals surface area contributed by atoms with Crippen molar-refractivity contribution in [2.24, 2.45) is 10.9 Å². The SMILES string of the molecule is CCNC(=NCc1cccc(OCC)c1OC(F)F)NCC1CC1. The average Bonchev–Trinajstić information content (AvgIpc) is 3.36. The number of hydrogen-bond donors (Lipinski definition) is 2. The molecule has 0 radical (unpaired) electrons. The summed E-state index contributed by atoms with van der Waals surface area (Å²) in [6.07, 6.45) is 2.49. The Labute approximate surface area is 141 Å². The molecule has 1 aliphatic carbocycles. The van der Waals surface area contributed by atoms with Crippen LogP contribution in [0.5, 0.6) is 11.5 Å². The monoisotopic (exact) mass is 341 g/mol. The van der Waals surface area contributed by atoms with E-state index in [2.05, 4.69) is 20.4 Å². The van der Waals surface area contributed by atoms with Crippen molar-refractivity contribution in [2.45, 2.75) is 39.8 Å². The van der Waals surface area contributed by atoms with Crippen molar-refractivity contribution >= 4 is 5.96 Å². The lowest BCUT2D eigenvalue weighted by Crippen LogP contribution is -2.38. The van der Waals surface area contributed by atoms with Crippen molar-refractivity contribution in [3.63, 3.8) is 0 Å². The number of ether oxygens (including phenoxy) is 2. The van der Waals surface area contributed by atoms with Crippen LogP contribution in [0.4, 0.5) is 8.78 Å². The van der Waals surface area contributed by atoms with Crippen LogP contribution in [-0.4, -0.2) is 32.3 Å². The van der Waals surface area contributed by atoms with Gasteiger partial charge >= 0.3 is 6.61 Å². The third kappa shape index (κ3) is 5.86. The van der Waals surface area contributed by atoms with Gasteiger partial charge < -0.3 is 20.1 Å². The first-order valence-electron chi connectivity index (χ1n) is 8.35. The predicted molar refractivity (Wildman–Crippen MR) is 89.8 cm³/mol. The normalized spacial score (nSPS) is 14.6. The van der Waals surface area contributed by atoms with Crippen molar-refractivity contribution in [1.29, 1.82) is 0 Å². The van der Waals surface area contributed by atoms with Crippen LogP contribution in [0.2, 0.25) is 0 Å². The molecule has 1 aromatic rings. The Morgan fingerprint density at radius 1 is 1.29 bits per heavy atom. The van der Waals surface area contributed by atoms with E-state index in [9.17, 15) is 8.78 Å². The highest BCUT2D eigenvalue weighted by Crippen LogP contribution is 2.33. The standard InChI is InChI=1S/C17H25F2N3O2/c1-3-20-17(21-10-12-8-9-12)22-11-13-6-5-7-14(23-4-2)15(13)24-16(18)19/h5-7,12,16H,3-4,8-11H2,1-2H3,(H2,20,21,22). The van der Waals surface area contributed by atoms with E-state index in [0.29, 0.717) is 29.8 Å². The molecular weight excluding hydrogens is 316 g/mol. The van der Waals surface area contributed by atoms with E-state index in [1.165, 1.54) is 12.8 Å². The van der Waals surface area contributed by atoms with Gasteiger partial charge in [-0.25, -0.2) is 4.99 Å². The molecule has 1 aromatic carbocycles. The summed E-state index contributed by atoms with van der Waals surface area (Å²) in [4.78, 5) is 4.47. The van der Waals surface area contributed by atoms with Gasteiger partial charge in [0.15, 0.2) is 17.5 Å². The molecule has 1 fully saturated rings. The molecule has 0 atom stereocenters. The van der Waals surface area contributed by atoms with Gasteiger partial charge in [0.1, 0.15) is 0 Å². The molecule has 0 aliphatic heterocycles. The minimum absolute atomic E-state index is 0.0520. The van der Waals surface area contributed by atoms with Crippen molar-refractivity contribution < 1.29 is 18.3 Å². The third-order valence-corrected chi connectivity index (χ3v) is 3.57. The Morgan fingerprint density at radius 2 is 2.08 bits per heavy atom. The number of rotatable bonds is 9. The second-order valence-corrected chi connectivity index (χ2v) is 5.58. The number of nitrogens with zero attached hydrogens (tertiary/aromatic N) is 1. The maximum absolute atomic E-state index is 12.7. The lowest BCUT2D eigenvalue weighted by atomic mass is 10.2. The van der Waals surface area contributed by atoms with E-state index in [1.807, 2.05) is 6.92 Å². The third-order valence-electron chi connectivity index (χ3n) is 3.57. The molecular formula is C17H25F2N3O2. The van der Waals surface area contributed by atoms with E-state index in [4.69, 9.17) is 4.74 Å². The highest BCUT2D eigenvalue weighted by molar-refractivity contribution is 5.79. The molecule has 1 saturated carbocycles. The number of guanidine groups is 1. The van der Waals surface area contributed by atoms with Crippen LogP contribution in [0.25, 0.3) is 0 Å². The van der Waals surface area contributed by atoms with Gasteiger partial charge in [-0.05, 0) is 38.7 Å². The first kappa shape index (κ1) is 18.3. The Morgan fingerprint density at radius 3 is 2.71 bits per heavy atom. The smallest absolute Gasteiger partial charge is 0.387 e. The van der Waals surface area contributed by atoms with Gasteiger partial charge in [-0.15, -0.1) is 0 Å². The minimum Gasteiger partial charge on any atom is -0.490 e. The largest absolute Gasteiger partial charge is 0.490 e. The number of nitrogens with one attached hydrogen (secondary N) is 2.